The van der Waals surface area contributed by atoms with Gasteiger partial charge in [-0.15, -0.1) is 0 Å². The van der Waals surface area contributed by atoms with E-state index in [0.717, 1.165) is 49.1 Å². The van der Waals surface area contributed by atoms with Gasteiger partial charge in [0.25, 0.3) is 0 Å². The van der Waals surface area contributed by atoms with E-state index in [4.69, 9.17) is 4.98 Å². The highest BCUT2D eigenvalue weighted by atomic mass is 16.2. The average Bonchev–Trinajstić information content (AvgIpc) is 3.43. The number of benzene rings is 1. The molecule has 2 aliphatic carbocycles. The van der Waals surface area contributed by atoms with E-state index < -0.39 is 0 Å². The van der Waals surface area contributed by atoms with E-state index in [0.29, 0.717) is 25.0 Å². The Bertz CT molecular complexity index is 926. The van der Waals surface area contributed by atoms with E-state index >= 15 is 0 Å². The van der Waals surface area contributed by atoms with Gasteiger partial charge in [-0.1, -0.05) is 31.4 Å². The summed E-state index contributed by atoms with van der Waals surface area (Å²) in [5, 5.41) is 0. The van der Waals surface area contributed by atoms with Crippen molar-refractivity contribution in [2.75, 3.05) is 13.6 Å². The predicted molar refractivity (Wildman–Crippen MR) is 111 cm³/mol. The summed E-state index contributed by atoms with van der Waals surface area (Å²) in [5.41, 5.74) is 1.90. The molecule has 2 heterocycles. The van der Waals surface area contributed by atoms with E-state index in [1.807, 2.05) is 41.1 Å². The van der Waals surface area contributed by atoms with Gasteiger partial charge in [-0.3, -0.25) is 9.59 Å². The first-order chi connectivity index (χ1) is 14.1. The third kappa shape index (κ3) is 3.53. The highest BCUT2D eigenvalue weighted by Crippen LogP contribution is 2.37. The number of carbonyl (C=O) groups excluding carboxylic acids is 2. The highest BCUT2D eigenvalue weighted by molar-refractivity contribution is 5.83. The van der Waals surface area contributed by atoms with E-state index in [9.17, 15) is 9.59 Å². The maximum absolute atomic E-state index is 13.2. The summed E-state index contributed by atoms with van der Waals surface area (Å²) in [6, 6.07) is 8.80. The Hall–Kier alpha value is -2.37. The van der Waals surface area contributed by atoms with Crippen LogP contribution in [0, 0.1) is 0 Å². The van der Waals surface area contributed by atoms with Crippen LogP contribution in [-0.2, 0) is 16.1 Å². The molecular weight excluding hydrogens is 364 g/mol. The molecule has 0 bridgehead atoms. The van der Waals surface area contributed by atoms with E-state index in [2.05, 4.69) is 4.57 Å². The third-order valence-electron chi connectivity index (χ3n) is 7.00. The van der Waals surface area contributed by atoms with Gasteiger partial charge in [0, 0.05) is 38.0 Å². The number of nitrogens with zero attached hydrogens (tertiary/aromatic N) is 4. The summed E-state index contributed by atoms with van der Waals surface area (Å²) in [6.45, 7) is 1.04. The molecular formula is C23H30N4O2. The maximum atomic E-state index is 13.2. The van der Waals surface area contributed by atoms with Gasteiger partial charge >= 0.3 is 0 Å². The van der Waals surface area contributed by atoms with Gasteiger partial charge in [0.05, 0.1) is 11.0 Å². The SMILES string of the molecule is CN(C(=O)Cn1c(C2CC(=O)N(C3CC3)C2)nc2ccccc21)C1CCCCC1. The van der Waals surface area contributed by atoms with Crippen molar-refractivity contribution < 1.29 is 9.59 Å². The predicted octanol–water partition coefficient (Wildman–Crippen LogP) is 3.31. The lowest BCUT2D eigenvalue weighted by Gasteiger charge is -2.31. The van der Waals surface area contributed by atoms with Gasteiger partial charge in [0.15, 0.2) is 0 Å². The normalized spacial score (nSPS) is 23.1. The first kappa shape index (κ1) is 18.6. The molecule has 5 rings (SSSR count). The molecule has 1 aliphatic heterocycles. The zero-order valence-corrected chi connectivity index (χ0v) is 17.2. The van der Waals surface area contributed by atoms with Crippen LogP contribution in [0.5, 0.6) is 0 Å². The summed E-state index contributed by atoms with van der Waals surface area (Å²) < 4.78 is 2.07. The van der Waals surface area contributed by atoms with E-state index in [-0.39, 0.29) is 17.7 Å². The largest absolute Gasteiger partial charge is 0.341 e. The van der Waals surface area contributed by atoms with Crippen molar-refractivity contribution in [2.24, 2.45) is 0 Å². The van der Waals surface area contributed by atoms with Crippen LogP contribution >= 0.6 is 0 Å². The van der Waals surface area contributed by atoms with Crippen molar-refractivity contribution in [3.8, 4) is 0 Å². The standard InChI is InChI=1S/C23H30N4O2/c1-25(17-7-3-2-4-8-17)22(29)15-27-20-10-6-5-9-19(20)24-23(27)16-13-21(28)26(14-16)18-11-12-18/h5-6,9-10,16-18H,2-4,7-8,11-15H2,1H3. The van der Waals surface area contributed by atoms with Crippen molar-refractivity contribution >= 4 is 22.8 Å². The fourth-order valence-electron chi connectivity index (χ4n) is 5.13. The molecule has 3 aliphatic rings. The molecule has 2 saturated carbocycles. The van der Waals surface area contributed by atoms with Gasteiger partial charge in [0.2, 0.25) is 11.8 Å². The highest BCUT2D eigenvalue weighted by Gasteiger charge is 2.41. The van der Waals surface area contributed by atoms with Gasteiger partial charge in [0.1, 0.15) is 12.4 Å². The van der Waals surface area contributed by atoms with Crippen LogP contribution in [0.15, 0.2) is 24.3 Å². The smallest absolute Gasteiger partial charge is 0.242 e. The number of rotatable bonds is 5. The van der Waals surface area contributed by atoms with Gasteiger partial charge < -0.3 is 14.4 Å². The molecule has 1 aromatic carbocycles. The monoisotopic (exact) mass is 394 g/mol. The minimum Gasteiger partial charge on any atom is -0.341 e. The second-order valence-electron chi connectivity index (χ2n) is 9.02. The number of amides is 2. The fourth-order valence-corrected chi connectivity index (χ4v) is 5.13. The summed E-state index contributed by atoms with van der Waals surface area (Å²) in [6.07, 6.45) is 8.67. The van der Waals surface area contributed by atoms with Gasteiger partial charge in [-0.25, -0.2) is 4.98 Å². The molecule has 0 spiro atoms. The number of likely N-dealkylation sites (N-methyl/N-ethyl adjacent to an activating group) is 1. The number of hydrogen-bond acceptors (Lipinski definition) is 3. The first-order valence-corrected chi connectivity index (χ1v) is 11.1. The molecule has 2 amide bonds. The van der Waals surface area contributed by atoms with Crippen molar-refractivity contribution in [3.63, 3.8) is 0 Å². The van der Waals surface area contributed by atoms with Gasteiger partial charge in [-0.05, 0) is 37.8 Å². The number of fused-ring (bicyclic) bond motifs is 1. The maximum Gasteiger partial charge on any atom is 0.242 e. The molecule has 1 unspecified atom stereocenters. The Morgan fingerprint density at radius 3 is 2.66 bits per heavy atom. The Kier molecular flexibility index (Phi) is 4.80. The number of likely N-dealkylation sites (tertiary alicyclic amines) is 1. The summed E-state index contributed by atoms with van der Waals surface area (Å²) >= 11 is 0. The van der Waals surface area contributed by atoms with Crippen LogP contribution in [-0.4, -0.2) is 56.8 Å². The van der Waals surface area contributed by atoms with Crippen molar-refractivity contribution in [1.82, 2.24) is 19.4 Å². The number of carbonyl (C=O) groups is 2. The summed E-state index contributed by atoms with van der Waals surface area (Å²) in [5.74, 6) is 1.35. The number of aromatic nitrogens is 2. The Balaban J connectivity index is 1.42. The number of imidazole rings is 1. The van der Waals surface area contributed by atoms with Crippen LogP contribution in [0.25, 0.3) is 11.0 Å². The Morgan fingerprint density at radius 2 is 1.90 bits per heavy atom. The average molecular weight is 395 g/mol. The van der Waals surface area contributed by atoms with Crippen molar-refractivity contribution in [3.05, 3.63) is 30.1 Å². The van der Waals surface area contributed by atoms with E-state index in [1.165, 1.54) is 19.3 Å². The number of hydrogen-bond donors (Lipinski definition) is 0. The molecule has 154 valence electrons. The molecule has 0 radical (unpaired) electrons. The minimum absolute atomic E-state index is 0.0725. The fraction of sp³-hybridized carbons (Fsp3) is 0.609. The lowest BCUT2D eigenvalue weighted by molar-refractivity contribution is -0.133. The zero-order chi connectivity index (χ0) is 20.0. The Morgan fingerprint density at radius 1 is 1.14 bits per heavy atom. The molecule has 6 heteroatoms. The quantitative estimate of drug-likeness (QED) is 0.782. The van der Waals surface area contributed by atoms with Gasteiger partial charge in [-0.2, -0.15) is 0 Å². The van der Waals surface area contributed by atoms with E-state index in [1.54, 1.807) is 0 Å². The zero-order valence-electron chi connectivity index (χ0n) is 17.2. The third-order valence-corrected chi connectivity index (χ3v) is 7.00. The van der Waals surface area contributed by atoms with Crippen molar-refractivity contribution in [2.45, 2.75) is 75.9 Å². The first-order valence-electron chi connectivity index (χ1n) is 11.1. The van der Waals surface area contributed by atoms with Crippen LogP contribution < -0.4 is 0 Å². The molecule has 0 N–H and O–H groups in total. The molecule has 1 aromatic heterocycles. The molecule has 1 atom stereocenters. The second-order valence-corrected chi connectivity index (χ2v) is 9.02. The van der Waals surface area contributed by atoms with Crippen LogP contribution in [0.2, 0.25) is 0 Å². The lowest BCUT2D eigenvalue weighted by Crippen LogP contribution is -2.40. The van der Waals surface area contributed by atoms with Crippen molar-refractivity contribution in [1.29, 1.82) is 0 Å². The molecule has 1 saturated heterocycles. The molecule has 2 aromatic rings. The minimum atomic E-state index is 0.0725. The summed E-state index contributed by atoms with van der Waals surface area (Å²) in [4.78, 5) is 34.5. The van der Waals surface area contributed by atoms with Crippen LogP contribution in [0.3, 0.4) is 0 Å². The topological polar surface area (TPSA) is 58.4 Å². The lowest BCUT2D eigenvalue weighted by atomic mass is 9.94. The van der Waals surface area contributed by atoms with Crippen LogP contribution in [0.1, 0.15) is 63.1 Å². The molecule has 29 heavy (non-hydrogen) atoms. The number of para-hydroxylation sites is 2. The van der Waals surface area contributed by atoms with Crippen LogP contribution in [0.4, 0.5) is 0 Å². The summed E-state index contributed by atoms with van der Waals surface area (Å²) in [7, 11) is 1.95. The second kappa shape index (κ2) is 7.47. The molecule has 6 nitrogen and oxygen atoms in total. The molecule has 3 fully saturated rings. The Labute approximate surface area is 171 Å².